The number of anilines is 1. The van der Waals surface area contributed by atoms with Crippen LogP contribution in [0.2, 0.25) is 0 Å². The summed E-state index contributed by atoms with van der Waals surface area (Å²) in [6.07, 6.45) is 1.63. The van der Waals surface area contributed by atoms with Crippen LogP contribution in [0.3, 0.4) is 0 Å². The van der Waals surface area contributed by atoms with Crippen molar-refractivity contribution >= 4 is 23.5 Å². The first-order valence-corrected chi connectivity index (χ1v) is 8.12. The average Bonchev–Trinajstić information content (AvgIpc) is 2.87. The Labute approximate surface area is 144 Å². The van der Waals surface area contributed by atoms with Crippen molar-refractivity contribution in [1.29, 1.82) is 0 Å². The zero-order chi connectivity index (χ0) is 17.6. The Kier molecular flexibility index (Phi) is 3.53. The third-order valence-corrected chi connectivity index (χ3v) is 4.73. The van der Waals surface area contributed by atoms with Gasteiger partial charge < -0.3 is 10.0 Å². The van der Waals surface area contributed by atoms with E-state index in [2.05, 4.69) is 0 Å². The minimum Gasteiger partial charge on any atom is -0.478 e. The third-order valence-electron chi connectivity index (χ3n) is 4.73. The third kappa shape index (κ3) is 2.46. The quantitative estimate of drug-likeness (QED) is 0.871. The number of hydrogen-bond acceptors (Lipinski definition) is 4. The van der Waals surface area contributed by atoms with Gasteiger partial charge in [0.05, 0.1) is 16.7 Å². The Balaban J connectivity index is 1.63. The molecule has 0 fully saturated rings. The van der Waals surface area contributed by atoms with Crippen molar-refractivity contribution in [2.75, 3.05) is 18.1 Å². The van der Waals surface area contributed by atoms with Crippen molar-refractivity contribution in [2.45, 2.75) is 12.8 Å². The molecular weight excluding hydrogens is 320 g/mol. The number of imide groups is 1. The molecule has 0 bridgehead atoms. The standard InChI is InChI=1S/C19H16N2O4/c22-17-14-5-1-2-6-15(14)18(23)21(17)11-20-9-3-4-12-10-13(19(24)25)7-8-16(12)20/h1-2,5-8,10H,3-4,9,11H2,(H,24,25). The van der Waals surface area contributed by atoms with Crippen LogP contribution in [0.25, 0.3) is 0 Å². The number of benzene rings is 2. The maximum atomic E-state index is 12.5. The Hall–Kier alpha value is -3.15. The van der Waals surface area contributed by atoms with Gasteiger partial charge in [0.15, 0.2) is 0 Å². The van der Waals surface area contributed by atoms with Gasteiger partial charge in [0.25, 0.3) is 11.8 Å². The number of carbonyl (C=O) groups is 3. The Morgan fingerprint density at radius 1 is 1.04 bits per heavy atom. The summed E-state index contributed by atoms with van der Waals surface area (Å²) < 4.78 is 0. The first-order chi connectivity index (χ1) is 12.1. The number of rotatable bonds is 3. The minimum absolute atomic E-state index is 0.172. The van der Waals surface area contributed by atoms with Crippen LogP contribution < -0.4 is 4.90 Å². The summed E-state index contributed by atoms with van der Waals surface area (Å²) in [6.45, 7) is 0.887. The van der Waals surface area contributed by atoms with Gasteiger partial charge in [-0.2, -0.15) is 0 Å². The molecule has 0 atom stereocenters. The molecular formula is C19H16N2O4. The van der Waals surface area contributed by atoms with E-state index < -0.39 is 5.97 Å². The number of aryl methyl sites for hydroxylation is 1. The number of nitrogens with zero attached hydrogens (tertiary/aromatic N) is 2. The van der Waals surface area contributed by atoms with Crippen LogP contribution in [0.5, 0.6) is 0 Å². The van der Waals surface area contributed by atoms with E-state index in [-0.39, 0.29) is 24.0 Å². The highest BCUT2D eigenvalue weighted by molar-refractivity contribution is 6.21. The van der Waals surface area contributed by atoms with Crippen LogP contribution in [0.15, 0.2) is 42.5 Å². The van der Waals surface area contributed by atoms with E-state index in [1.54, 1.807) is 42.5 Å². The summed E-state index contributed by atoms with van der Waals surface area (Å²) >= 11 is 0. The molecule has 0 aromatic heterocycles. The molecule has 0 saturated carbocycles. The van der Waals surface area contributed by atoms with Crippen LogP contribution in [-0.4, -0.2) is 41.0 Å². The van der Waals surface area contributed by atoms with Gasteiger partial charge in [-0.05, 0) is 48.7 Å². The predicted molar refractivity (Wildman–Crippen MR) is 90.9 cm³/mol. The fourth-order valence-electron chi connectivity index (χ4n) is 3.49. The average molecular weight is 336 g/mol. The zero-order valence-electron chi connectivity index (χ0n) is 13.4. The Morgan fingerprint density at radius 3 is 2.36 bits per heavy atom. The van der Waals surface area contributed by atoms with Crippen LogP contribution in [-0.2, 0) is 6.42 Å². The van der Waals surface area contributed by atoms with E-state index in [9.17, 15) is 14.4 Å². The second kappa shape index (κ2) is 5.73. The van der Waals surface area contributed by atoms with Crippen molar-refractivity contribution in [1.82, 2.24) is 4.90 Å². The lowest BCUT2D eigenvalue weighted by Gasteiger charge is -2.33. The zero-order valence-corrected chi connectivity index (χ0v) is 13.4. The fraction of sp³-hybridized carbons (Fsp3) is 0.211. The van der Waals surface area contributed by atoms with Crippen molar-refractivity contribution < 1.29 is 19.5 Å². The van der Waals surface area contributed by atoms with Gasteiger partial charge in [-0.3, -0.25) is 14.5 Å². The van der Waals surface area contributed by atoms with Crippen LogP contribution >= 0.6 is 0 Å². The van der Waals surface area contributed by atoms with E-state index in [4.69, 9.17) is 5.11 Å². The second-order valence-electron chi connectivity index (χ2n) is 6.24. The number of amides is 2. The molecule has 2 aliphatic heterocycles. The van der Waals surface area contributed by atoms with Crippen molar-refractivity contribution in [2.24, 2.45) is 0 Å². The number of hydrogen-bond donors (Lipinski definition) is 1. The predicted octanol–water partition coefficient (Wildman–Crippen LogP) is 2.39. The summed E-state index contributed by atoms with van der Waals surface area (Å²) in [5.41, 5.74) is 2.94. The van der Waals surface area contributed by atoms with Crippen molar-refractivity contribution in [3.63, 3.8) is 0 Å². The van der Waals surface area contributed by atoms with E-state index in [1.165, 1.54) is 4.90 Å². The van der Waals surface area contributed by atoms with Crippen LogP contribution in [0.4, 0.5) is 5.69 Å². The molecule has 2 aromatic carbocycles. The molecule has 25 heavy (non-hydrogen) atoms. The Bertz CT molecular complexity index is 871. The number of aromatic carboxylic acids is 1. The maximum Gasteiger partial charge on any atom is 0.335 e. The summed E-state index contributed by atoms with van der Waals surface area (Å²) in [4.78, 5) is 39.4. The first kappa shape index (κ1) is 15.4. The highest BCUT2D eigenvalue weighted by atomic mass is 16.4. The number of carbonyl (C=O) groups excluding carboxylic acids is 2. The summed E-state index contributed by atoms with van der Waals surface area (Å²) in [6, 6.07) is 11.8. The lowest BCUT2D eigenvalue weighted by atomic mass is 9.99. The van der Waals surface area contributed by atoms with Gasteiger partial charge in [0.1, 0.15) is 6.67 Å². The highest BCUT2D eigenvalue weighted by Gasteiger charge is 2.36. The SMILES string of the molecule is O=C(O)c1ccc2c(c1)CCCN2CN1C(=O)c2ccccc2C1=O. The normalized spacial score (nSPS) is 16.0. The molecule has 6 nitrogen and oxygen atoms in total. The smallest absolute Gasteiger partial charge is 0.335 e. The van der Waals surface area contributed by atoms with Gasteiger partial charge in [0.2, 0.25) is 0 Å². The van der Waals surface area contributed by atoms with E-state index in [0.717, 1.165) is 24.1 Å². The maximum absolute atomic E-state index is 12.5. The number of carboxylic acid groups (broad SMARTS) is 1. The monoisotopic (exact) mass is 336 g/mol. The molecule has 2 aliphatic rings. The Morgan fingerprint density at radius 2 is 1.72 bits per heavy atom. The minimum atomic E-state index is -0.958. The summed E-state index contributed by atoms with van der Waals surface area (Å²) in [5.74, 6) is -1.52. The fourth-order valence-corrected chi connectivity index (χ4v) is 3.49. The molecule has 6 heteroatoms. The van der Waals surface area contributed by atoms with Gasteiger partial charge in [-0.1, -0.05) is 12.1 Å². The van der Waals surface area contributed by atoms with E-state index in [0.29, 0.717) is 17.7 Å². The summed E-state index contributed by atoms with van der Waals surface area (Å²) in [7, 11) is 0. The molecule has 2 heterocycles. The molecule has 2 aromatic rings. The summed E-state index contributed by atoms with van der Waals surface area (Å²) in [5, 5.41) is 9.14. The largest absolute Gasteiger partial charge is 0.478 e. The van der Waals surface area contributed by atoms with Gasteiger partial charge >= 0.3 is 5.97 Å². The molecule has 0 unspecified atom stereocenters. The molecule has 0 radical (unpaired) electrons. The molecule has 4 rings (SSSR count). The van der Waals surface area contributed by atoms with Gasteiger partial charge in [-0.25, -0.2) is 4.79 Å². The van der Waals surface area contributed by atoms with Crippen molar-refractivity contribution in [3.05, 3.63) is 64.7 Å². The van der Waals surface area contributed by atoms with Crippen LogP contribution in [0.1, 0.15) is 43.1 Å². The van der Waals surface area contributed by atoms with Crippen molar-refractivity contribution in [3.8, 4) is 0 Å². The molecule has 0 saturated heterocycles. The molecule has 0 spiro atoms. The first-order valence-electron chi connectivity index (χ1n) is 8.12. The molecule has 126 valence electrons. The molecule has 1 N–H and O–H groups in total. The van der Waals surface area contributed by atoms with Crippen LogP contribution in [0, 0.1) is 0 Å². The second-order valence-corrected chi connectivity index (χ2v) is 6.24. The lowest BCUT2D eigenvalue weighted by Crippen LogP contribution is -2.43. The topological polar surface area (TPSA) is 77.9 Å². The highest BCUT2D eigenvalue weighted by Crippen LogP contribution is 2.30. The van der Waals surface area contributed by atoms with E-state index >= 15 is 0 Å². The number of fused-ring (bicyclic) bond motifs is 2. The lowest BCUT2D eigenvalue weighted by molar-refractivity contribution is 0.0650. The van der Waals surface area contributed by atoms with Gasteiger partial charge in [0, 0.05) is 12.2 Å². The molecule has 2 amide bonds. The molecule has 0 aliphatic carbocycles. The van der Waals surface area contributed by atoms with E-state index in [1.807, 2.05) is 4.90 Å². The number of carboxylic acids is 1. The van der Waals surface area contributed by atoms with Gasteiger partial charge in [-0.15, -0.1) is 0 Å².